The van der Waals surface area contributed by atoms with Crippen LogP contribution in [0.2, 0.25) is 0 Å². The number of hydrogen-bond donors (Lipinski definition) is 2. The Kier molecular flexibility index (Phi) is 6.15. The Labute approximate surface area is 81.0 Å². The van der Waals surface area contributed by atoms with Crippen molar-refractivity contribution >= 4 is 0 Å². The Morgan fingerprint density at radius 1 is 1.23 bits per heavy atom. The van der Waals surface area contributed by atoms with Crippen LogP contribution in [0.5, 0.6) is 0 Å². The molecule has 78 valence electrons. The maximum Gasteiger partial charge on any atom is 0.0494 e. The second-order valence-corrected chi connectivity index (χ2v) is 3.76. The number of nitrogens with two attached hydrogens (primary N) is 1. The fourth-order valence-corrected chi connectivity index (χ4v) is 1.19. The molecule has 1 saturated carbocycles. The molecule has 0 spiro atoms. The van der Waals surface area contributed by atoms with Crippen molar-refractivity contribution in [1.82, 2.24) is 5.32 Å². The molecule has 13 heavy (non-hydrogen) atoms. The first-order chi connectivity index (χ1) is 6.43. The van der Waals surface area contributed by atoms with Gasteiger partial charge >= 0.3 is 0 Å². The lowest BCUT2D eigenvalue weighted by Crippen LogP contribution is -2.20. The van der Waals surface area contributed by atoms with Gasteiger partial charge in [-0.2, -0.15) is 0 Å². The van der Waals surface area contributed by atoms with Crippen molar-refractivity contribution in [3.8, 4) is 0 Å². The molecule has 0 radical (unpaired) electrons. The smallest absolute Gasteiger partial charge is 0.0494 e. The second-order valence-electron chi connectivity index (χ2n) is 3.76. The first kappa shape index (κ1) is 11.0. The van der Waals surface area contributed by atoms with Crippen LogP contribution in [0.4, 0.5) is 0 Å². The molecule has 0 bridgehead atoms. The summed E-state index contributed by atoms with van der Waals surface area (Å²) in [7, 11) is 0. The van der Waals surface area contributed by atoms with Gasteiger partial charge in [-0.3, -0.25) is 0 Å². The third-order valence-electron chi connectivity index (χ3n) is 2.25. The molecule has 0 saturated heterocycles. The molecule has 3 N–H and O–H groups in total. The molecular weight excluding hydrogens is 164 g/mol. The van der Waals surface area contributed by atoms with Crippen LogP contribution >= 0.6 is 0 Å². The molecule has 1 rings (SSSR count). The molecule has 0 aliphatic heterocycles. The molecule has 0 aromatic heterocycles. The Bertz CT molecular complexity index is 115. The van der Waals surface area contributed by atoms with Gasteiger partial charge < -0.3 is 15.8 Å². The minimum atomic E-state index is 0.783. The van der Waals surface area contributed by atoms with Gasteiger partial charge in [0, 0.05) is 13.2 Å². The van der Waals surface area contributed by atoms with E-state index in [1.165, 1.54) is 12.8 Å². The normalized spacial score (nSPS) is 16.4. The van der Waals surface area contributed by atoms with Crippen LogP contribution in [0.25, 0.3) is 0 Å². The van der Waals surface area contributed by atoms with Crippen molar-refractivity contribution in [1.29, 1.82) is 0 Å². The number of hydrogen-bond acceptors (Lipinski definition) is 3. The molecule has 1 aliphatic carbocycles. The summed E-state index contributed by atoms with van der Waals surface area (Å²) in [6.07, 6.45) is 4.96. The summed E-state index contributed by atoms with van der Waals surface area (Å²) in [5.74, 6) is 0.894. The van der Waals surface area contributed by atoms with Crippen LogP contribution in [0, 0.1) is 5.92 Å². The Balaban J connectivity index is 1.63. The van der Waals surface area contributed by atoms with Gasteiger partial charge in [-0.15, -0.1) is 0 Å². The van der Waals surface area contributed by atoms with Gasteiger partial charge in [0.2, 0.25) is 0 Å². The minimum absolute atomic E-state index is 0.783. The molecule has 3 heteroatoms. The monoisotopic (exact) mass is 186 g/mol. The third kappa shape index (κ3) is 6.99. The topological polar surface area (TPSA) is 47.3 Å². The number of nitrogens with one attached hydrogen (secondary N) is 1. The molecule has 0 aromatic rings. The summed E-state index contributed by atoms with van der Waals surface area (Å²) >= 11 is 0. The molecule has 0 heterocycles. The molecule has 1 aliphatic rings. The predicted octanol–water partition coefficient (Wildman–Crippen LogP) is 0.741. The van der Waals surface area contributed by atoms with Crippen molar-refractivity contribution in [3.63, 3.8) is 0 Å². The van der Waals surface area contributed by atoms with E-state index in [0.717, 1.165) is 51.6 Å². The minimum Gasteiger partial charge on any atom is -0.381 e. The summed E-state index contributed by atoms with van der Waals surface area (Å²) in [4.78, 5) is 0. The van der Waals surface area contributed by atoms with Gasteiger partial charge in [0.1, 0.15) is 0 Å². The van der Waals surface area contributed by atoms with E-state index in [1.807, 2.05) is 0 Å². The van der Waals surface area contributed by atoms with Crippen molar-refractivity contribution in [2.24, 2.45) is 11.7 Å². The Morgan fingerprint density at radius 3 is 2.69 bits per heavy atom. The van der Waals surface area contributed by atoms with Crippen molar-refractivity contribution in [3.05, 3.63) is 0 Å². The van der Waals surface area contributed by atoms with Crippen LogP contribution in [-0.2, 0) is 4.74 Å². The zero-order chi connectivity index (χ0) is 9.36. The zero-order valence-corrected chi connectivity index (χ0v) is 8.43. The van der Waals surface area contributed by atoms with E-state index in [4.69, 9.17) is 10.5 Å². The highest BCUT2D eigenvalue weighted by Crippen LogP contribution is 2.28. The van der Waals surface area contributed by atoms with E-state index in [9.17, 15) is 0 Å². The van der Waals surface area contributed by atoms with Gasteiger partial charge in [-0.05, 0) is 51.2 Å². The average molecular weight is 186 g/mol. The summed E-state index contributed by atoms with van der Waals surface area (Å²) in [5.41, 5.74) is 5.37. The van der Waals surface area contributed by atoms with E-state index in [0.29, 0.717) is 0 Å². The lowest BCUT2D eigenvalue weighted by Gasteiger charge is -2.04. The largest absolute Gasteiger partial charge is 0.381 e. The lowest BCUT2D eigenvalue weighted by atomic mass is 10.4. The van der Waals surface area contributed by atoms with E-state index in [2.05, 4.69) is 5.32 Å². The highest BCUT2D eigenvalue weighted by atomic mass is 16.5. The summed E-state index contributed by atoms with van der Waals surface area (Å²) < 4.78 is 5.50. The first-order valence-corrected chi connectivity index (χ1v) is 5.42. The molecule has 0 atom stereocenters. The van der Waals surface area contributed by atoms with E-state index in [1.54, 1.807) is 0 Å². The fraction of sp³-hybridized carbons (Fsp3) is 1.00. The molecule has 3 nitrogen and oxygen atoms in total. The molecule has 0 aromatic carbocycles. The average Bonchev–Trinajstić information content (AvgIpc) is 2.93. The second kappa shape index (κ2) is 7.30. The third-order valence-corrected chi connectivity index (χ3v) is 2.25. The van der Waals surface area contributed by atoms with E-state index in [-0.39, 0.29) is 0 Å². The maximum absolute atomic E-state index is 5.50. The van der Waals surface area contributed by atoms with Crippen molar-refractivity contribution in [2.75, 3.05) is 32.8 Å². The van der Waals surface area contributed by atoms with E-state index >= 15 is 0 Å². The lowest BCUT2D eigenvalue weighted by molar-refractivity contribution is 0.122. The van der Waals surface area contributed by atoms with Crippen LogP contribution < -0.4 is 11.1 Å². The number of rotatable bonds is 9. The fourth-order valence-electron chi connectivity index (χ4n) is 1.19. The van der Waals surface area contributed by atoms with Gasteiger partial charge in [0.25, 0.3) is 0 Å². The standard InChI is InChI=1S/C10H22N2O/c11-5-1-6-12-7-2-8-13-9-10-3-4-10/h10,12H,1-9,11H2. The van der Waals surface area contributed by atoms with Crippen LogP contribution in [0.3, 0.4) is 0 Å². The van der Waals surface area contributed by atoms with Crippen molar-refractivity contribution in [2.45, 2.75) is 25.7 Å². The highest BCUT2D eigenvalue weighted by Gasteiger charge is 2.20. The molecular formula is C10H22N2O. The van der Waals surface area contributed by atoms with Gasteiger partial charge in [0.05, 0.1) is 0 Å². The Hall–Kier alpha value is -0.120. The number of ether oxygens (including phenoxy) is 1. The van der Waals surface area contributed by atoms with Crippen molar-refractivity contribution < 1.29 is 4.74 Å². The molecule has 0 unspecified atom stereocenters. The first-order valence-electron chi connectivity index (χ1n) is 5.42. The van der Waals surface area contributed by atoms with Crippen LogP contribution in [-0.4, -0.2) is 32.8 Å². The molecule has 0 amide bonds. The van der Waals surface area contributed by atoms with E-state index < -0.39 is 0 Å². The summed E-state index contributed by atoms with van der Waals surface area (Å²) in [6.45, 7) is 4.78. The zero-order valence-electron chi connectivity index (χ0n) is 8.43. The van der Waals surface area contributed by atoms with Crippen LogP contribution in [0.1, 0.15) is 25.7 Å². The van der Waals surface area contributed by atoms with Gasteiger partial charge in [-0.1, -0.05) is 0 Å². The van der Waals surface area contributed by atoms with Crippen LogP contribution in [0.15, 0.2) is 0 Å². The molecule has 1 fully saturated rings. The SMILES string of the molecule is NCCCNCCCOCC1CC1. The van der Waals surface area contributed by atoms with Gasteiger partial charge in [0.15, 0.2) is 0 Å². The Morgan fingerprint density at radius 2 is 2.00 bits per heavy atom. The summed E-state index contributed by atoms with van der Waals surface area (Å²) in [5, 5.41) is 3.33. The summed E-state index contributed by atoms with van der Waals surface area (Å²) in [6, 6.07) is 0. The predicted molar refractivity (Wildman–Crippen MR) is 54.7 cm³/mol. The maximum atomic E-state index is 5.50. The quantitative estimate of drug-likeness (QED) is 0.522. The van der Waals surface area contributed by atoms with Gasteiger partial charge in [-0.25, -0.2) is 0 Å². The highest BCUT2D eigenvalue weighted by molar-refractivity contribution is 4.71.